The van der Waals surface area contributed by atoms with Gasteiger partial charge in [-0.2, -0.15) is 13.2 Å². The van der Waals surface area contributed by atoms with E-state index in [4.69, 9.17) is 4.74 Å². The summed E-state index contributed by atoms with van der Waals surface area (Å²) in [6, 6.07) is 6.85. The van der Waals surface area contributed by atoms with Crippen molar-refractivity contribution in [3.05, 3.63) is 59.4 Å². The van der Waals surface area contributed by atoms with Crippen LogP contribution in [0.25, 0.3) is 0 Å². The second-order valence-electron chi connectivity index (χ2n) is 6.30. The smallest absolute Gasteiger partial charge is 0.376 e. The summed E-state index contributed by atoms with van der Waals surface area (Å²) in [5, 5.41) is 5.21. The van der Waals surface area contributed by atoms with E-state index in [1.807, 2.05) is 0 Å². The fraction of sp³-hybridized carbons (Fsp3) is 0.316. The maximum atomic E-state index is 12.6. The Morgan fingerprint density at radius 3 is 2.54 bits per heavy atom. The number of halogens is 3. The molecule has 1 aromatic carbocycles. The van der Waals surface area contributed by atoms with Gasteiger partial charge in [-0.3, -0.25) is 14.6 Å². The van der Waals surface area contributed by atoms with Crippen LogP contribution in [0.4, 0.5) is 18.9 Å². The number of rotatable bonds is 5. The lowest BCUT2D eigenvalue weighted by Crippen LogP contribution is -2.32. The molecule has 1 fully saturated rings. The predicted octanol–water partition coefficient (Wildman–Crippen LogP) is 3.26. The van der Waals surface area contributed by atoms with Crippen LogP contribution in [0.1, 0.15) is 39.3 Å². The van der Waals surface area contributed by atoms with E-state index in [0.717, 1.165) is 37.1 Å². The minimum atomic E-state index is -4.45. The Labute approximate surface area is 159 Å². The van der Waals surface area contributed by atoms with E-state index in [1.54, 1.807) is 0 Å². The largest absolute Gasteiger partial charge is 0.416 e. The number of carbonyl (C=O) groups excluding carboxylic acids is 2. The highest BCUT2D eigenvalue weighted by Crippen LogP contribution is 2.29. The van der Waals surface area contributed by atoms with Crippen LogP contribution >= 0.6 is 0 Å². The van der Waals surface area contributed by atoms with E-state index in [-0.39, 0.29) is 29.0 Å². The van der Waals surface area contributed by atoms with E-state index < -0.39 is 17.6 Å². The standard InChI is InChI=1S/C19H18F3N3O3/c20-19(21,22)13-3-5-14(6-4-13)25-18(27)16-10-12(7-8-23-16)17(26)24-11-15-2-1-9-28-15/h3-8,10,15H,1-2,9,11H2,(H,24,26)(H,25,27). The van der Waals surface area contributed by atoms with Crippen LogP contribution in [-0.2, 0) is 10.9 Å². The summed E-state index contributed by atoms with van der Waals surface area (Å²) >= 11 is 0. The normalized spacial score (nSPS) is 16.6. The molecule has 2 N–H and O–H groups in total. The van der Waals surface area contributed by atoms with Crippen molar-refractivity contribution >= 4 is 17.5 Å². The van der Waals surface area contributed by atoms with Gasteiger partial charge >= 0.3 is 6.18 Å². The van der Waals surface area contributed by atoms with Crippen LogP contribution in [0.2, 0.25) is 0 Å². The van der Waals surface area contributed by atoms with Crippen LogP contribution < -0.4 is 10.6 Å². The topological polar surface area (TPSA) is 80.3 Å². The average Bonchev–Trinajstić information content (AvgIpc) is 3.19. The van der Waals surface area contributed by atoms with Gasteiger partial charge in [0.1, 0.15) is 5.69 Å². The molecule has 28 heavy (non-hydrogen) atoms. The molecule has 148 valence electrons. The Morgan fingerprint density at radius 2 is 1.89 bits per heavy atom. The van der Waals surface area contributed by atoms with Gasteiger partial charge in [-0.15, -0.1) is 0 Å². The zero-order chi connectivity index (χ0) is 20.1. The molecule has 0 radical (unpaired) electrons. The van der Waals surface area contributed by atoms with Gasteiger partial charge in [-0.25, -0.2) is 0 Å². The van der Waals surface area contributed by atoms with Crippen LogP contribution in [0.15, 0.2) is 42.6 Å². The van der Waals surface area contributed by atoms with Crippen molar-refractivity contribution in [2.24, 2.45) is 0 Å². The summed E-state index contributed by atoms with van der Waals surface area (Å²) in [7, 11) is 0. The van der Waals surface area contributed by atoms with Gasteiger partial charge in [0.05, 0.1) is 11.7 Å². The third-order valence-corrected chi connectivity index (χ3v) is 4.24. The lowest BCUT2D eigenvalue weighted by Gasteiger charge is -2.11. The summed E-state index contributed by atoms with van der Waals surface area (Å²) < 4.78 is 43.2. The number of alkyl halides is 3. The van der Waals surface area contributed by atoms with Gasteiger partial charge in [0.25, 0.3) is 11.8 Å². The average molecular weight is 393 g/mol. The summed E-state index contributed by atoms with van der Waals surface area (Å²) in [4.78, 5) is 28.4. The number of nitrogens with one attached hydrogen (secondary N) is 2. The number of benzene rings is 1. The monoisotopic (exact) mass is 393 g/mol. The third kappa shape index (κ3) is 5.07. The number of ether oxygens (including phenoxy) is 1. The molecule has 9 heteroatoms. The second kappa shape index (κ2) is 8.39. The molecule has 0 saturated carbocycles. The molecule has 1 atom stereocenters. The van der Waals surface area contributed by atoms with Crippen molar-refractivity contribution in [2.45, 2.75) is 25.1 Å². The first kappa shape index (κ1) is 19.8. The zero-order valence-corrected chi connectivity index (χ0v) is 14.8. The first-order valence-electron chi connectivity index (χ1n) is 8.67. The van der Waals surface area contributed by atoms with E-state index in [0.29, 0.717) is 13.2 Å². The molecule has 1 aromatic heterocycles. The SMILES string of the molecule is O=C(NCC1CCCO1)c1ccnc(C(=O)Nc2ccc(C(F)(F)F)cc2)c1. The molecule has 0 bridgehead atoms. The quantitative estimate of drug-likeness (QED) is 0.817. The molecule has 2 aromatic rings. The van der Waals surface area contributed by atoms with E-state index in [9.17, 15) is 22.8 Å². The number of anilines is 1. The van der Waals surface area contributed by atoms with Gasteiger partial charge in [0.15, 0.2) is 0 Å². The lowest BCUT2D eigenvalue weighted by molar-refractivity contribution is -0.137. The highest BCUT2D eigenvalue weighted by molar-refractivity contribution is 6.04. The van der Waals surface area contributed by atoms with Gasteiger partial charge in [-0.1, -0.05) is 0 Å². The maximum Gasteiger partial charge on any atom is 0.416 e. The number of aromatic nitrogens is 1. The van der Waals surface area contributed by atoms with Crippen LogP contribution in [0, 0.1) is 0 Å². The van der Waals surface area contributed by atoms with Crippen molar-refractivity contribution in [1.82, 2.24) is 10.3 Å². The van der Waals surface area contributed by atoms with Crippen molar-refractivity contribution in [2.75, 3.05) is 18.5 Å². The van der Waals surface area contributed by atoms with Crippen LogP contribution in [0.3, 0.4) is 0 Å². The van der Waals surface area contributed by atoms with Crippen LogP contribution in [0.5, 0.6) is 0 Å². The van der Waals surface area contributed by atoms with Crippen molar-refractivity contribution in [3.8, 4) is 0 Å². The number of carbonyl (C=O) groups is 2. The highest BCUT2D eigenvalue weighted by atomic mass is 19.4. The summed E-state index contributed by atoms with van der Waals surface area (Å²) in [5.41, 5.74) is -0.392. The molecule has 0 spiro atoms. The summed E-state index contributed by atoms with van der Waals surface area (Å²) in [6.45, 7) is 1.07. The molecule has 3 rings (SSSR count). The van der Waals surface area contributed by atoms with E-state index in [1.165, 1.54) is 18.3 Å². The Morgan fingerprint density at radius 1 is 1.14 bits per heavy atom. The van der Waals surface area contributed by atoms with Gasteiger partial charge in [-0.05, 0) is 49.2 Å². The molecular weight excluding hydrogens is 375 g/mol. The van der Waals surface area contributed by atoms with Crippen LogP contribution in [-0.4, -0.2) is 36.1 Å². The molecule has 1 unspecified atom stereocenters. The number of amides is 2. The second-order valence-corrected chi connectivity index (χ2v) is 6.30. The number of pyridine rings is 1. The number of nitrogens with zero attached hydrogens (tertiary/aromatic N) is 1. The number of hydrogen-bond acceptors (Lipinski definition) is 4. The molecule has 6 nitrogen and oxygen atoms in total. The molecule has 2 heterocycles. The van der Waals surface area contributed by atoms with Gasteiger partial charge in [0.2, 0.25) is 0 Å². The molecular formula is C19H18F3N3O3. The summed E-state index contributed by atoms with van der Waals surface area (Å²) in [6.07, 6.45) is -1.28. The Kier molecular flexibility index (Phi) is 5.93. The first-order chi connectivity index (χ1) is 13.3. The zero-order valence-electron chi connectivity index (χ0n) is 14.8. The Bertz CT molecular complexity index is 847. The molecule has 2 amide bonds. The predicted molar refractivity (Wildman–Crippen MR) is 94.9 cm³/mol. The Hall–Kier alpha value is -2.94. The molecule has 1 aliphatic heterocycles. The third-order valence-electron chi connectivity index (χ3n) is 4.24. The fourth-order valence-electron chi connectivity index (χ4n) is 2.75. The molecule has 1 saturated heterocycles. The van der Waals surface area contributed by atoms with Gasteiger partial charge < -0.3 is 15.4 Å². The molecule has 0 aliphatic carbocycles. The van der Waals surface area contributed by atoms with Gasteiger partial charge in [0, 0.05) is 30.6 Å². The van der Waals surface area contributed by atoms with E-state index >= 15 is 0 Å². The molecule has 1 aliphatic rings. The van der Waals surface area contributed by atoms with Crippen molar-refractivity contribution in [3.63, 3.8) is 0 Å². The highest BCUT2D eigenvalue weighted by Gasteiger charge is 2.30. The van der Waals surface area contributed by atoms with Crippen molar-refractivity contribution < 1.29 is 27.5 Å². The Balaban J connectivity index is 1.62. The fourth-order valence-corrected chi connectivity index (χ4v) is 2.75. The van der Waals surface area contributed by atoms with Crippen molar-refractivity contribution in [1.29, 1.82) is 0 Å². The number of hydrogen-bond donors (Lipinski definition) is 2. The minimum Gasteiger partial charge on any atom is -0.376 e. The first-order valence-corrected chi connectivity index (χ1v) is 8.67. The lowest BCUT2D eigenvalue weighted by atomic mass is 10.1. The van der Waals surface area contributed by atoms with E-state index in [2.05, 4.69) is 15.6 Å². The minimum absolute atomic E-state index is 0.00627. The maximum absolute atomic E-state index is 12.6. The summed E-state index contributed by atoms with van der Waals surface area (Å²) in [5.74, 6) is -0.991.